The highest BCUT2D eigenvalue weighted by Crippen LogP contribution is 1.77. The van der Waals surface area contributed by atoms with Gasteiger partial charge in [-0.15, -0.1) is 0 Å². The van der Waals surface area contributed by atoms with Gasteiger partial charge in [-0.1, -0.05) is 0 Å². The summed E-state index contributed by atoms with van der Waals surface area (Å²) in [4.78, 5) is 19.5. The second kappa shape index (κ2) is 13.1. The minimum absolute atomic E-state index is 0.167. The van der Waals surface area contributed by atoms with E-state index in [2.05, 4.69) is 0 Å². The van der Waals surface area contributed by atoms with Gasteiger partial charge >= 0.3 is 5.97 Å². The number of rotatable bonds is 2. The quantitative estimate of drug-likeness (QED) is 0.601. The Bertz CT molecular complexity index is 140. The molecule has 92 valence electrons. The number of carboxylic acid groups (broad SMARTS) is 1. The molecule has 0 unspecified atom stereocenters. The Morgan fingerprint density at radius 3 is 1.20 bits per heavy atom. The highest BCUT2D eigenvalue weighted by Gasteiger charge is 1.98. The van der Waals surface area contributed by atoms with Crippen LogP contribution in [0.15, 0.2) is 0 Å². The molecule has 0 radical (unpaired) electrons. The Morgan fingerprint density at radius 1 is 1.00 bits per heavy atom. The molecule has 15 heavy (non-hydrogen) atoms. The van der Waals surface area contributed by atoms with Crippen LogP contribution in [0.25, 0.3) is 0 Å². The third kappa shape index (κ3) is 171. The van der Waals surface area contributed by atoms with Gasteiger partial charge in [0.05, 0.1) is 0 Å². The summed E-state index contributed by atoms with van der Waals surface area (Å²) in [5.74, 6) is -1.37. The Hall–Kier alpha value is -0.940. The fraction of sp³-hybridized carbons (Fsp3) is 0.800. The number of Topliss-reactive ketones (excluding diaryl/α,β-unsaturated/α-hetero) is 1. The lowest BCUT2D eigenvalue weighted by atomic mass is 10.3. The van der Waals surface area contributed by atoms with E-state index >= 15 is 0 Å². The molecule has 5 heteroatoms. The monoisotopic (exact) mass is 222 g/mol. The summed E-state index contributed by atoms with van der Waals surface area (Å²) in [6, 6.07) is 0. The molecule has 0 fully saturated rings. The van der Waals surface area contributed by atoms with Gasteiger partial charge in [-0.25, -0.2) is 0 Å². The molecule has 0 heterocycles. The van der Waals surface area contributed by atoms with E-state index in [-0.39, 0.29) is 24.4 Å². The third-order valence-corrected chi connectivity index (χ3v) is 0.400. The van der Waals surface area contributed by atoms with Gasteiger partial charge in [0, 0.05) is 12.2 Å². The molecular formula is C10H22O5. The second-order valence-electron chi connectivity index (χ2n) is 3.46. The molecule has 0 atom stereocenters. The fourth-order valence-electron chi connectivity index (χ4n) is 0.213. The van der Waals surface area contributed by atoms with Crippen molar-refractivity contribution < 1.29 is 24.9 Å². The summed E-state index contributed by atoms with van der Waals surface area (Å²) in [6.45, 7) is 8.13. The number of ketones is 1. The first-order chi connectivity index (χ1) is 6.59. The molecule has 5 nitrogen and oxygen atoms in total. The van der Waals surface area contributed by atoms with Gasteiger partial charge in [-0.3, -0.25) is 9.59 Å². The summed E-state index contributed by atoms with van der Waals surface area (Å²) in [7, 11) is 0. The molecule has 0 aromatic rings. The average molecular weight is 222 g/mol. The van der Waals surface area contributed by atoms with Crippen LogP contribution in [-0.2, 0) is 9.59 Å². The number of carbonyl (C=O) groups excluding carboxylic acids is 1. The molecule has 0 aliphatic rings. The van der Waals surface area contributed by atoms with Crippen LogP contribution in [0.4, 0.5) is 0 Å². The zero-order valence-electron chi connectivity index (χ0n) is 10.0. The van der Waals surface area contributed by atoms with E-state index in [4.69, 9.17) is 15.3 Å². The van der Waals surface area contributed by atoms with E-state index in [0.717, 1.165) is 0 Å². The van der Waals surface area contributed by atoms with Crippen molar-refractivity contribution in [1.29, 1.82) is 0 Å². The lowest BCUT2D eigenvalue weighted by molar-refractivity contribution is -0.139. The summed E-state index contributed by atoms with van der Waals surface area (Å²) in [5, 5.41) is 24.0. The van der Waals surface area contributed by atoms with Crippen molar-refractivity contribution in [1.82, 2.24) is 0 Å². The zero-order valence-corrected chi connectivity index (χ0v) is 10.0. The molecule has 0 aliphatic heterocycles. The maximum absolute atomic E-state index is 9.87. The molecule has 0 saturated heterocycles. The van der Waals surface area contributed by atoms with Crippen molar-refractivity contribution in [2.75, 3.05) is 0 Å². The molecule has 0 aromatic carbocycles. The summed E-state index contributed by atoms with van der Waals surface area (Å²) in [6.07, 6.45) is -0.694. The average Bonchev–Trinajstić information content (AvgIpc) is 1.78. The van der Waals surface area contributed by atoms with Crippen LogP contribution in [0.2, 0.25) is 0 Å². The Kier molecular flexibility index (Phi) is 17.1. The second-order valence-corrected chi connectivity index (χ2v) is 3.46. The number of aliphatic hydroxyl groups is 2. The van der Waals surface area contributed by atoms with Crippen molar-refractivity contribution in [2.24, 2.45) is 0 Å². The van der Waals surface area contributed by atoms with Crippen LogP contribution in [-0.4, -0.2) is 39.3 Å². The Balaban J connectivity index is -0.000000155. The van der Waals surface area contributed by atoms with E-state index in [9.17, 15) is 9.59 Å². The van der Waals surface area contributed by atoms with Gasteiger partial charge in [0.1, 0.15) is 12.2 Å². The Labute approximate surface area is 90.7 Å². The first-order valence-electron chi connectivity index (χ1n) is 4.66. The van der Waals surface area contributed by atoms with E-state index in [1.807, 2.05) is 0 Å². The lowest BCUT2D eigenvalue weighted by Gasteiger charge is -1.80. The highest BCUT2D eigenvalue weighted by molar-refractivity contribution is 5.93. The predicted octanol–water partition coefficient (Wildman–Crippen LogP) is 0.824. The van der Waals surface area contributed by atoms with Crippen LogP contribution in [0.5, 0.6) is 0 Å². The first-order valence-corrected chi connectivity index (χ1v) is 4.66. The number of hydrogen-bond donors (Lipinski definition) is 3. The molecule has 0 amide bonds. The minimum Gasteiger partial charge on any atom is -0.481 e. The van der Waals surface area contributed by atoms with Crippen molar-refractivity contribution >= 4 is 11.8 Å². The topological polar surface area (TPSA) is 94.8 Å². The van der Waals surface area contributed by atoms with Crippen molar-refractivity contribution in [3.8, 4) is 0 Å². The Morgan fingerprint density at radius 2 is 1.20 bits per heavy atom. The molecule has 0 spiro atoms. The van der Waals surface area contributed by atoms with Crippen molar-refractivity contribution in [3.05, 3.63) is 0 Å². The zero-order chi connectivity index (χ0) is 13.0. The molecule has 0 bridgehead atoms. The number of aliphatic hydroxyl groups excluding tert-OH is 2. The number of aliphatic carboxylic acids is 1. The third-order valence-electron chi connectivity index (χ3n) is 0.400. The molecule has 0 saturated carbocycles. The molecular weight excluding hydrogens is 200 g/mol. The van der Waals surface area contributed by atoms with E-state index < -0.39 is 5.97 Å². The van der Waals surface area contributed by atoms with Gasteiger partial charge in [0.15, 0.2) is 0 Å². The van der Waals surface area contributed by atoms with Gasteiger partial charge in [-0.2, -0.15) is 0 Å². The highest BCUT2D eigenvalue weighted by atomic mass is 16.4. The van der Waals surface area contributed by atoms with Crippen molar-refractivity contribution in [2.45, 2.75) is 53.2 Å². The van der Waals surface area contributed by atoms with Crippen LogP contribution in [0.1, 0.15) is 41.0 Å². The number of hydrogen-bond acceptors (Lipinski definition) is 4. The molecule has 0 rings (SSSR count). The van der Waals surface area contributed by atoms with Crippen LogP contribution in [0, 0.1) is 0 Å². The lowest BCUT2D eigenvalue weighted by Crippen LogP contribution is -2.00. The standard InChI is InChI=1S/C4H6O3.2C3H8O/c1-3(5)2-4(6)7;2*1-3(2)4/h2H2,1H3,(H,6,7);2*3-4H,1-2H3. The first kappa shape index (κ1) is 19.6. The predicted molar refractivity (Wildman–Crippen MR) is 57.6 cm³/mol. The van der Waals surface area contributed by atoms with Crippen LogP contribution < -0.4 is 0 Å². The smallest absolute Gasteiger partial charge is 0.310 e. The van der Waals surface area contributed by atoms with E-state index in [1.54, 1.807) is 27.7 Å². The normalized spacial score (nSPS) is 8.60. The minimum atomic E-state index is -1.06. The van der Waals surface area contributed by atoms with E-state index in [0.29, 0.717) is 0 Å². The largest absolute Gasteiger partial charge is 0.481 e. The molecule has 0 aromatic heterocycles. The van der Waals surface area contributed by atoms with Crippen LogP contribution in [0.3, 0.4) is 0 Å². The van der Waals surface area contributed by atoms with Gasteiger partial charge < -0.3 is 15.3 Å². The van der Waals surface area contributed by atoms with E-state index in [1.165, 1.54) is 6.92 Å². The summed E-state index contributed by atoms with van der Waals surface area (Å²) < 4.78 is 0. The molecule has 3 N–H and O–H groups in total. The van der Waals surface area contributed by atoms with Crippen molar-refractivity contribution in [3.63, 3.8) is 0 Å². The maximum atomic E-state index is 9.87. The van der Waals surface area contributed by atoms with Crippen LogP contribution >= 0.6 is 0 Å². The number of carboxylic acids is 1. The SMILES string of the molecule is CC(=O)CC(=O)O.CC(C)O.CC(C)O. The summed E-state index contributed by atoms with van der Waals surface area (Å²) >= 11 is 0. The molecule has 0 aliphatic carbocycles. The fourth-order valence-corrected chi connectivity index (χ4v) is 0.213. The van der Waals surface area contributed by atoms with Gasteiger partial charge in [0.25, 0.3) is 0 Å². The maximum Gasteiger partial charge on any atom is 0.310 e. The van der Waals surface area contributed by atoms with Gasteiger partial charge in [-0.05, 0) is 34.6 Å². The number of carbonyl (C=O) groups is 2. The summed E-state index contributed by atoms with van der Waals surface area (Å²) in [5.41, 5.74) is 0. The van der Waals surface area contributed by atoms with Gasteiger partial charge in [0.2, 0.25) is 0 Å².